The Kier molecular flexibility index (Phi) is 7.67. The summed E-state index contributed by atoms with van der Waals surface area (Å²) in [5, 5.41) is 12.7. The molecule has 4 nitrogen and oxygen atoms in total. The number of hydrogen-bond donors (Lipinski definition) is 3. The second kappa shape index (κ2) is 8.74. The molecule has 3 unspecified atom stereocenters. The Hall–Kier alpha value is -0.610. The molecule has 0 aromatic rings. The van der Waals surface area contributed by atoms with Gasteiger partial charge in [0.25, 0.3) is 0 Å². The average Bonchev–Trinajstić information content (AvgIpc) is 2.40. The highest BCUT2D eigenvalue weighted by Gasteiger charge is 2.25. The fraction of sp³-hybridized carbons (Fsp3) is 0.941. The Morgan fingerprint density at radius 3 is 2.62 bits per heavy atom. The number of carbonyl (C=O) groups excluding carboxylic acids is 1. The van der Waals surface area contributed by atoms with E-state index < -0.39 is 0 Å². The first-order valence-electron chi connectivity index (χ1n) is 8.47. The van der Waals surface area contributed by atoms with E-state index in [1.807, 2.05) is 0 Å². The van der Waals surface area contributed by atoms with Crippen molar-refractivity contribution in [2.75, 3.05) is 13.1 Å². The van der Waals surface area contributed by atoms with Crippen molar-refractivity contribution in [2.24, 2.45) is 23.0 Å². The number of aliphatic hydroxyl groups excluding tert-OH is 1. The van der Waals surface area contributed by atoms with E-state index in [0.717, 1.165) is 38.5 Å². The van der Waals surface area contributed by atoms with E-state index >= 15 is 0 Å². The van der Waals surface area contributed by atoms with Crippen molar-refractivity contribution < 1.29 is 9.90 Å². The maximum absolute atomic E-state index is 12.0. The van der Waals surface area contributed by atoms with Crippen LogP contribution in [-0.2, 0) is 4.79 Å². The molecule has 1 aliphatic carbocycles. The predicted octanol–water partition coefficient (Wildman–Crippen LogP) is 2.45. The molecule has 1 rings (SSSR count). The maximum Gasteiger partial charge on any atom is 0.220 e. The first kappa shape index (κ1) is 18.4. The molecular formula is C17H34N2O2. The Bertz CT molecular complexity index is 312. The number of hydrogen-bond acceptors (Lipinski definition) is 3. The highest BCUT2D eigenvalue weighted by atomic mass is 16.3. The van der Waals surface area contributed by atoms with Crippen LogP contribution in [0, 0.1) is 17.3 Å². The van der Waals surface area contributed by atoms with Crippen molar-refractivity contribution in [3.05, 3.63) is 0 Å². The molecule has 21 heavy (non-hydrogen) atoms. The number of amides is 1. The standard InChI is InChI=1S/C17H34N2O2/c1-17(2,3)14(9-10-18)7-8-16(21)19-12-13-5-4-6-15(20)11-13/h13-15,20H,4-12,18H2,1-3H3,(H,19,21). The van der Waals surface area contributed by atoms with E-state index in [2.05, 4.69) is 26.1 Å². The molecule has 1 amide bonds. The molecule has 0 radical (unpaired) electrons. The topological polar surface area (TPSA) is 75.4 Å². The van der Waals surface area contributed by atoms with E-state index in [0.29, 0.717) is 31.3 Å². The molecular weight excluding hydrogens is 264 g/mol. The first-order chi connectivity index (χ1) is 9.82. The van der Waals surface area contributed by atoms with Gasteiger partial charge in [-0.3, -0.25) is 4.79 Å². The molecule has 1 fully saturated rings. The average molecular weight is 298 g/mol. The number of carbonyl (C=O) groups is 1. The maximum atomic E-state index is 12.0. The monoisotopic (exact) mass is 298 g/mol. The smallest absolute Gasteiger partial charge is 0.220 e. The largest absolute Gasteiger partial charge is 0.393 e. The van der Waals surface area contributed by atoms with Crippen molar-refractivity contribution in [1.82, 2.24) is 5.32 Å². The lowest BCUT2D eigenvalue weighted by atomic mass is 9.76. The molecule has 0 aliphatic heterocycles. The Morgan fingerprint density at radius 1 is 1.33 bits per heavy atom. The van der Waals surface area contributed by atoms with Crippen LogP contribution < -0.4 is 11.1 Å². The van der Waals surface area contributed by atoms with Gasteiger partial charge in [0, 0.05) is 13.0 Å². The normalized spacial score (nSPS) is 24.6. The van der Waals surface area contributed by atoms with Crippen molar-refractivity contribution in [1.29, 1.82) is 0 Å². The summed E-state index contributed by atoms with van der Waals surface area (Å²) in [6.45, 7) is 8.05. The Morgan fingerprint density at radius 2 is 2.05 bits per heavy atom. The molecule has 1 aliphatic rings. The molecule has 124 valence electrons. The summed E-state index contributed by atoms with van der Waals surface area (Å²) in [6, 6.07) is 0. The van der Waals surface area contributed by atoms with E-state index in [-0.39, 0.29) is 17.4 Å². The minimum Gasteiger partial charge on any atom is -0.393 e. The van der Waals surface area contributed by atoms with Gasteiger partial charge < -0.3 is 16.2 Å². The lowest BCUT2D eigenvalue weighted by Gasteiger charge is -2.30. The van der Waals surface area contributed by atoms with Gasteiger partial charge in [-0.25, -0.2) is 0 Å². The molecule has 1 saturated carbocycles. The van der Waals surface area contributed by atoms with Crippen LogP contribution in [-0.4, -0.2) is 30.2 Å². The van der Waals surface area contributed by atoms with Crippen molar-refractivity contribution in [3.63, 3.8) is 0 Å². The summed E-state index contributed by atoms with van der Waals surface area (Å²) in [7, 11) is 0. The van der Waals surface area contributed by atoms with E-state index in [4.69, 9.17) is 5.73 Å². The number of nitrogens with one attached hydrogen (secondary N) is 1. The lowest BCUT2D eigenvalue weighted by molar-refractivity contribution is -0.121. The van der Waals surface area contributed by atoms with Crippen LogP contribution in [0.3, 0.4) is 0 Å². The van der Waals surface area contributed by atoms with Crippen molar-refractivity contribution in [2.45, 2.75) is 71.8 Å². The zero-order valence-electron chi connectivity index (χ0n) is 14.0. The molecule has 4 heteroatoms. The van der Waals surface area contributed by atoms with Gasteiger partial charge in [0.1, 0.15) is 0 Å². The SMILES string of the molecule is CC(C)(C)C(CCN)CCC(=O)NCC1CCCC(O)C1. The van der Waals surface area contributed by atoms with Crippen LogP contribution in [0.25, 0.3) is 0 Å². The number of aliphatic hydroxyl groups is 1. The minimum atomic E-state index is -0.171. The van der Waals surface area contributed by atoms with Crippen LogP contribution in [0.2, 0.25) is 0 Å². The Balaban J connectivity index is 2.26. The highest BCUT2D eigenvalue weighted by molar-refractivity contribution is 5.75. The van der Waals surface area contributed by atoms with E-state index in [1.165, 1.54) is 0 Å². The minimum absolute atomic E-state index is 0.140. The van der Waals surface area contributed by atoms with Gasteiger partial charge in [-0.15, -0.1) is 0 Å². The van der Waals surface area contributed by atoms with Gasteiger partial charge in [0.2, 0.25) is 5.91 Å². The molecule has 0 saturated heterocycles. The number of rotatable bonds is 7. The molecule has 4 N–H and O–H groups in total. The van der Waals surface area contributed by atoms with Crippen LogP contribution in [0.15, 0.2) is 0 Å². The fourth-order valence-electron chi connectivity index (χ4n) is 3.31. The molecule has 0 aromatic heterocycles. The molecule has 0 bridgehead atoms. The summed E-state index contributed by atoms with van der Waals surface area (Å²) in [4.78, 5) is 12.0. The molecule has 0 aromatic carbocycles. The Labute approximate surface area is 129 Å². The quantitative estimate of drug-likeness (QED) is 0.676. The first-order valence-corrected chi connectivity index (χ1v) is 8.47. The summed E-state index contributed by atoms with van der Waals surface area (Å²) < 4.78 is 0. The van der Waals surface area contributed by atoms with Gasteiger partial charge in [-0.05, 0) is 55.9 Å². The third kappa shape index (κ3) is 7.28. The second-order valence-corrected chi connectivity index (χ2v) is 7.67. The third-order valence-corrected chi connectivity index (χ3v) is 4.80. The van der Waals surface area contributed by atoms with Crippen molar-refractivity contribution >= 4 is 5.91 Å². The summed E-state index contributed by atoms with van der Waals surface area (Å²) >= 11 is 0. The van der Waals surface area contributed by atoms with Crippen LogP contribution in [0.5, 0.6) is 0 Å². The third-order valence-electron chi connectivity index (χ3n) is 4.80. The fourth-order valence-corrected chi connectivity index (χ4v) is 3.31. The van der Waals surface area contributed by atoms with Crippen molar-refractivity contribution in [3.8, 4) is 0 Å². The lowest BCUT2D eigenvalue weighted by Crippen LogP contribution is -2.33. The number of nitrogens with two attached hydrogens (primary N) is 1. The van der Waals surface area contributed by atoms with Gasteiger partial charge in [0.15, 0.2) is 0 Å². The van der Waals surface area contributed by atoms with Gasteiger partial charge in [-0.2, -0.15) is 0 Å². The van der Waals surface area contributed by atoms with Crippen LogP contribution in [0.4, 0.5) is 0 Å². The molecule has 0 spiro atoms. The van der Waals surface area contributed by atoms with Gasteiger partial charge in [-0.1, -0.05) is 27.2 Å². The zero-order valence-corrected chi connectivity index (χ0v) is 14.0. The predicted molar refractivity (Wildman–Crippen MR) is 86.8 cm³/mol. The summed E-state index contributed by atoms with van der Waals surface area (Å²) in [6.07, 6.45) is 6.23. The molecule has 3 atom stereocenters. The summed E-state index contributed by atoms with van der Waals surface area (Å²) in [5.74, 6) is 1.08. The second-order valence-electron chi connectivity index (χ2n) is 7.67. The molecule has 0 heterocycles. The van der Waals surface area contributed by atoms with E-state index in [9.17, 15) is 9.90 Å². The van der Waals surface area contributed by atoms with Gasteiger partial charge in [0.05, 0.1) is 6.10 Å². The van der Waals surface area contributed by atoms with Crippen LogP contribution in [0.1, 0.15) is 65.7 Å². The summed E-state index contributed by atoms with van der Waals surface area (Å²) in [5.41, 5.74) is 5.88. The van der Waals surface area contributed by atoms with Crippen LogP contribution >= 0.6 is 0 Å². The zero-order chi connectivity index (χ0) is 15.9. The van der Waals surface area contributed by atoms with Gasteiger partial charge >= 0.3 is 0 Å². The highest BCUT2D eigenvalue weighted by Crippen LogP contribution is 2.32. The van der Waals surface area contributed by atoms with E-state index in [1.54, 1.807) is 0 Å².